The lowest BCUT2D eigenvalue weighted by Crippen LogP contribution is -1.97. The Labute approximate surface area is 213 Å². The fourth-order valence-corrected chi connectivity index (χ4v) is 4.81. The Morgan fingerprint density at radius 2 is 0.971 bits per heavy atom. The van der Waals surface area contributed by atoms with Gasteiger partial charge in [-0.15, -0.1) is 0 Å². The highest BCUT2D eigenvalue weighted by Gasteiger charge is 2.13. The fraction of sp³-hybridized carbons (Fsp3) is 0.400. The van der Waals surface area contributed by atoms with Gasteiger partial charge in [-0.05, 0) is 48.2 Å². The third kappa shape index (κ3) is 6.82. The first-order chi connectivity index (χ1) is 17.3. The molecule has 1 heterocycles. The Morgan fingerprint density at radius 1 is 0.543 bits per heavy atom. The van der Waals surface area contributed by atoms with Gasteiger partial charge < -0.3 is 9.47 Å². The fourth-order valence-electron chi connectivity index (χ4n) is 4.23. The van der Waals surface area contributed by atoms with Gasteiger partial charge in [-0.2, -0.15) is 8.75 Å². The van der Waals surface area contributed by atoms with Gasteiger partial charge in [0.2, 0.25) is 0 Å². The second-order valence-corrected chi connectivity index (χ2v) is 9.52. The van der Waals surface area contributed by atoms with Crippen LogP contribution >= 0.6 is 11.7 Å². The molecule has 4 aromatic rings. The predicted octanol–water partition coefficient (Wildman–Crippen LogP) is 8.94. The van der Waals surface area contributed by atoms with Gasteiger partial charge in [0.15, 0.2) is 0 Å². The first kappa shape index (κ1) is 25.2. The summed E-state index contributed by atoms with van der Waals surface area (Å²) in [4.78, 5) is 0. The summed E-state index contributed by atoms with van der Waals surface area (Å²) in [5.74, 6) is 1.84. The Balaban J connectivity index is 1.44. The Hall–Kier alpha value is -2.92. The van der Waals surface area contributed by atoms with Crippen LogP contribution in [0.3, 0.4) is 0 Å². The minimum Gasteiger partial charge on any atom is -0.494 e. The highest BCUT2D eigenvalue weighted by atomic mass is 32.1. The molecule has 0 aliphatic heterocycles. The molecule has 0 aliphatic rings. The molecular weight excluding hydrogens is 452 g/mol. The molecule has 0 aliphatic carbocycles. The van der Waals surface area contributed by atoms with E-state index in [-0.39, 0.29) is 0 Å². The third-order valence-corrected chi connectivity index (χ3v) is 6.81. The van der Waals surface area contributed by atoms with Gasteiger partial charge in [-0.25, -0.2) is 0 Å². The standard InChI is InChI=1S/C30H36N2O2S/c1-3-5-7-9-21-33-25-15-11-23(12-16-25)27-19-20-28(30-29(27)31-35-32-30)24-13-17-26(18-14-24)34-22-10-8-6-4-2/h11-20H,3-10,21-22H2,1-2H3. The van der Waals surface area contributed by atoms with Gasteiger partial charge in [0.25, 0.3) is 0 Å². The lowest BCUT2D eigenvalue weighted by Gasteiger charge is -2.10. The monoisotopic (exact) mass is 488 g/mol. The Kier molecular flexibility index (Phi) is 9.53. The van der Waals surface area contributed by atoms with E-state index >= 15 is 0 Å². The summed E-state index contributed by atoms with van der Waals surface area (Å²) in [5.41, 5.74) is 6.32. The van der Waals surface area contributed by atoms with Crippen molar-refractivity contribution in [2.75, 3.05) is 13.2 Å². The molecule has 0 spiro atoms. The first-order valence-corrected chi connectivity index (χ1v) is 13.7. The van der Waals surface area contributed by atoms with Crippen LogP contribution in [0.15, 0.2) is 60.7 Å². The smallest absolute Gasteiger partial charge is 0.119 e. The van der Waals surface area contributed by atoms with Gasteiger partial charge in [0.1, 0.15) is 22.5 Å². The van der Waals surface area contributed by atoms with Crippen LogP contribution in [-0.2, 0) is 0 Å². The average molecular weight is 489 g/mol. The van der Waals surface area contributed by atoms with E-state index in [0.29, 0.717) is 0 Å². The van der Waals surface area contributed by atoms with E-state index < -0.39 is 0 Å². The molecule has 0 radical (unpaired) electrons. The molecule has 0 N–H and O–H groups in total. The normalized spacial score (nSPS) is 11.1. The van der Waals surface area contributed by atoms with Crippen molar-refractivity contribution in [3.05, 3.63) is 60.7 Å². The van der Waals surface area contributed by atoms with Crippen LogP contribution in [-0.4, -0.2) is 22.0 Å². The van der Waals surface area contributed by atoms with Crippen LogP contribution in [0.4, 0.5) is 0 Å². The molecule has 35 heavy (non-hydrogen) atoms. The molecule has 5 heteroatoms. The molecule has 0 unspecified atom stereocenters. The summed E-state index contributed by atoms with van der Waals surface area (Å²) in [5, 5.41) is 0. The maximum atomic E-state index is 5.91. The largest absolute Gasteiger partial charge is 0.494 e. The molecular formula is C30H36N2O2S. The number of hydrogen-bond donors (Lipinski definition) is 0. The molecule has 184 valence electrons. The van der Waals surface area contributed by atoms with Crippen molar-refractivity contribution in [1.82, 2.24) is 8.75 Å². The maximum Gasteiger partial charge on any atom is 0.119 e. The molecule has 0 bridgehead atoms. The first-order valence-electron chi connectivity index (χ1n) is 13.0. The Morgan fingerprint density at radius 3 is 1.37 bits per heavy atom. The van der Waals surface area contributed by atoms with Crippen molar-refractivity contribution in [3.8, 4) is 33.8 Å². The molecule has 0 fully saturated rings. The van der Waals surface area contributed by atoms with Crippen molar-refractivity contribution < 1.29 is 9.47 Å². The van der Waals surface area contributed by atoms with Crippen molar-refractivity contribution in [3.63, 3.8) is 0 Å². The van der Waals surface area contributed by atoms with E-state index in [2.05, 4.69) is 83.3 Å². The van der Waals surface area contributed by atoms with Gasteiger partial charge in [0.05, 0.1) is 24.9 Å². The second kappa shape index (κ2) is 13.2. The van der Waals surface area contributed by atoms with Crippen molar-refractivity contribution in [1.29, 1.82) is 0 Å². The molecule has 4 nitrogen and oxygen atoms in total. The quantitative estimate of drug-likeness (QED) is 0.166. The summed E-state index contributed by atoms with van der Waals surface area (Å²) in [6, 6.07) is 21.0. The van der Waals surface area contributed by atoms with E-state index in [0.717, 1.165) is 70.8 Å². The van der Waals surface area contributed by atoms with E-state index in [9.17, 15) is 0 Å². The van der Waals surface area contributed by atoms with Crippen molar-refractivity contribution in [2.45, 2.75) is 65.2 Å². The summed E-state index contributed by atoms with van der Waals surface area (Å²) < 4.78 is 21.1. The zero-order chi connectivity index (χ0) is 24.3. The van der Waals surface area contributed by atoms with Crippen LogP contribution in [0.2, 0.25) is 0 Å². The maximum absolute atomic E-state index is 5.91. The molecule has 0 amide bonds. The zero-order valence-corrected chi connectivity index (χ0v) is 21.8. The molecule has 1 aromatic heterocycles. The zero-order valence-electron chi connectivity index (χ0n) is 21.0. The van der Waals surface area contributed by atoms with Crippen LogP contribution in [0.25, 0.3) is 33.3 Å². The highest BCUT2D eigenvalue weighted by Crippen LogP contribution is 2.35. The number of nitrogens with zero attached hydrogens (tertiary/aromatic N) is 2. The van der Waals surface area contributed by atoms with E-state index in [1.807, 2.05) is 0 Å². The van der Waals surface area contributed by atoms with Crippen molar-refractivity contribution in [2.24, 2.45) is 0 Å². The number of unbranched alkanes of at least 4 members (excludes halogenated alkanes) is 6. The summed E-state index contributed by atoms with van der Waals surface area (Å²) >= 11 is 1.26. The molecule has 0 saturated carbocycles. The third-order valence-electron chi connectivity index (χ3n) is 6.28. The number of rotatable bonds is 14. The lowest BCUT2D eigenvalue weighted by molar-refractivity contribution is 0.305. The van der Waals surface area contributed by atoms with Crippen LogP contribution in [0.1, 0.15) is 65.2 Å². The molecule has 0 atom stereocenters. The minimum atomic E-state index is 0.775. The number of aromatic nitrogens is 2. The van der Waals surface area contributed by atoms with Gasteiger partial charge in [0, 0.05) is 11.1 Å². The topological polar surface area (TPSA) is 44.2 Å². The van der Waals surface area contributed by atoms with E-state index in [4.69, 9.17) is 9.47 Å². The number of hydrogen-bond acceptors (Lipinski definition) is 5. The molecule has 4 rings (SSSR count). The highest BCUT2D eigenvalue weighted by molar-refractivity contribution is 7.00. The predicted molar refractivity (Wildman–Crippen MR) is 148 cm³/mol. The van der Waals surface area contributed by atoms with Gasteiger partial charge in [-0.1, -0.05) is 88.8 Å². The average Bonchev–Trinajstić information content (AvgIpc) is 3.39. The summed E-state index contributed by atoms with van der Waals surface area (Å²) in [7, 11) is 0. The minimum absolute atomic E-state index is 0.775. The van der Waals surface area contributed by atoms with Gasteiger partial charge >= 0.3 is 0 Å². The van der Waals surface area contributed by atoms with Gasteiger partial charge in [-0.3, -0.25) is 0 Å². The van der Waals surface area contributed by atoms with Crippen LogP contribution in [0, 0.1) is 0 Å². The molecule has 0 saturated heterocycles. The van der Waals surface area contributed by atoms with Crippen molar-refractivity contribution >= 4 is 22.8 Å². The summed E-state index contributed by atoms with van der Waals surface area (Å²) in [6.45, 7) is 6.00. The lowest BCUT2D eigenvalue weighted by atomic mass is 9.98. The van der Waals surface area contributed by atoms with Crippen LogP contribution < -0.4 is 9.47 Å². The summed E-state index contributed by atoms with van der Waals surface area (Å²) in [6.07, 6.45) is 9.69. The number of fused-ring (bicyclic) bond motifs is 1. The van der Waals surface area contributed by atoms with E-state index in [1.165, 1.54) is 50.3 Å². The Bertz CT molecular complexity index is 1080. The number of benzene rings is 3. The second-order valence-electron chi connectivity index (χ2n) is 8.99. The SMILES string of the molecule is CCCCCCOc1ccc(-c2ccc(-c3ccc(OCCCCCC)cc3)c3nsnc23)cc1. The van der Waals surface area contributed by atoms with E-state index in [1.54, 1.807) is 0 Å². The van der Waals surface area contributed by atoms with Crippen LogP contribution in [0.5, 0.6) is 11.5 Å². The molecule has 3 aromatic carbocycles. The number of ether oxygens (including phenoxy) is 2.